The van der Waals surface area contributed by atoms with Crippen LogP contribution in [0, 0.1) is 0 Å². The molecule has 0 radical (unpaired) electrons. The average molecular weight is 480 g/mol. The number of alkyl halides is 3. The van der Waals surface area contributed by atoms with Gasteiger partial charge in [0.25, 0.3) is 0 Å². The van der Waals surface area contributed by atoms with E-state index in [9.17, 15) is 31.5 Å². The molecule has 0 aliphatic carbocycles. The zero-order valence-electron chi connectivity index (χ0n) is 17.3. The van der Waals surface area contributed by atoms with E-state index in [-0.39, 0.29) is 31.6 Å². The number of benzene rings is 1. The third-order valence-corrected chi connectivity index (χ3v) is 7.18. The molecule has 0 bridgehead atoms. The molecule has 1 N–H and O–H groups in total. The summed E-state index contributed by atoms with van der Waals surface area (Å²) in [5.74, 6) is -0.424. The van der Waals surface area contributed by atoms with Gasteiger partial charge in [0, 0.05) is 24.9 Å². The fraction of sp³-hybridized carbons (Fsp3) is 0.450. The van der Waals surface area contributed by atoms with Crippen LogP contribution in [0.5, 0.6) is 0 Å². The van der Waals surface area contributed by atoms with Crippen LogP contribution in [-0.2, 0) is 32.2 Å². The molecule has 1 aromatic carbocycles. The number of aliphatic hydroxyl groups is 1. The first-order valence-corrected chi connectivity index (χ1v) is 11.8. The number of esters is 1. The van der Waals surface area contributed by atoms with Crippen molar-refractivity contribution in [3.63, 3.8) is 0 Å². The van der Waals surface area contributed by atoms with Gasteiger partial charge in [0.05, 0.1) is 23.2 Å². The number of hydrogen-bond donors (Lipinski definition) is 1. The summed E-state index contributed by atoms with van der Waals surface area (Å²) in [7, 11) is -3.08. The number of hydrogen-bond acceptors (Lipinski definition) is 6. The van der Waals surface area contributed by atoms with Gasteiger partial charge in [-0.15, -0.1) is 11.3 Å². The number of carbonyl (C=O) groups is 1. The van der Waals surface area contributed by atoms with Crippen LogP contribution in [0.4, 0.5) is 13.2 Å². The van der Waals surface area contributed by atoms with E-state index in [0.717, 1.165) is 21.7 Å². The van der Waals surface area contributed by atoms with Gasteiger partial charge in [-0.05, 0) is 61.0 Å². The summed E-state index contributed by atoms with van der Waals surface area (Å²) in [4.78, 5) is 11.6. The number of sulfonamides is 1. The summed E-state index contributed by atoms with van der Waals surface area (Å²) < 4.78 is 71.9. The lowest BCUT2D eigenvalue weighted by molar-refractivity contribution is -0.143. The zero-order chi connectivity index (χ0) is 23.4. The Kier molecular flexibility index (Phi) is 8.26. The van der Waals surface area contributed by atoms with Crippen molar-refractivity contribution in [2.75, 3.05) is 20.2 Å². The van der Waals surface area contributed by atoms with Crippen molar-refractivity contribution in [2.24, 2.45) is 0 Å². The zero-order valence-corrected chi connectivity index (χ0v) is 18.9. The molecule has 0 spiro atoms. The number of aliphatic hydroxyl groups excluding tert-OH is 1. The summed E-state index contributed by atoms with van der Waals surface area (Å²) in [5, 5.41) is 11.1. The lowest BCUT2D eigenvalue weighted by Gasteiger charge is -2.20. The Morgan fingerprint density at radius 2 is 1.97 bits per heavy atom. The third-order valence-electron chi connectivity index (χ3n) is 4.38. The molecule has 0 saturated heterocycles. The van der Waals surface area contributed by atoms with Gasteiger partial charge >= 0.3 is 12.1 Å². The van der Waals surface area contributed by atoms with Crippen LogP contribution in [0.3, 0.4) is 0 Å². The number of likely N-dealkylation sites (N-methyl/N-ethyl adjacent to an activating group) is 1. The molecular weight excluding hydrogens is 455 g/mol. The molecule has 1 atom stereocenters. The van der Waals surface area contributed by atoms with E-state index in [1.165, 1.54) is 20.0 Å². The monoisotopic (exact) mass is 479 g/mol. The summed E-state index contributed by atoms with van der Waals surface area (Å²) in [5.41, 5.74) is -0.385. The highest BCUT2D eigenvalue weighted by atomic mass is 32.2. The lowest BCUT2D eigenvalue weighted by atomic mass is 10.0. The molecule has 0 amide bonds. The average Bonchev–Trinajstić information content (AvgIpc) is 3.13. The number of aryl methyl sites for hydroxylation is 1. The predicted octanol–water partition coefficient (Wildman–Crippen LogP) is 3.93. The summed E-state index contributed by atoms with van der Waals surface area (Å²) >= 11 is 1.16. The SMILES string of the molecule is CCOC(=O)CCc1ccsc1-c1cc(C(F)(F)F)cc(S(=O)(=O)N(C)C[C@H](C)O)c1. The molecule has 0 unspecified atom stereocenters. The fourth-order valence-electron chi connectivity index (χ4n) is 2.95. The highest BCUT2D eigenvalue weighted by molar-refractivity contribution is 7.89. The van der Waals surface area contributed by atoms with E-state index in [2.05, 4.69) is 0 Å². The Morgan fingerprint density at radius 3 is 2.55 bits per heavy atom. The molecular formula is C20H24F3NO5S2. The van der Waals surface area contributed by atoms with E-state index in [4.69, 9.17) is 4.74 Å². The first-order chi connectivity index (χ1) is 14.4. The van der Waals surface area contributed by atoms with E-state index in [0.29, 0.717) is 16.5 Å². The molecule has 2 aromatic rings. The van der Waals surface area contributed by atoms with Crippen molar-refractivity contribution >= 4 is 27.3 Å². The van der Waals surface area contributed by atoms with E-state index >= 15 is 0 Å². The number of ether oxygens (including phenoxy) is 1. The minimum atomic E-state index is -4.76. The predicted molar refractivity (Wildman–Crippen MR) is 111 cm³/mol. The van der Waals surface area contributed by atoms with Crippen LogP contribution in [0.2, 0.25) is 0 Å². The molecule has 11 heteroatoms. The van der Waals surface area contributed by atoms with Gasteiger partial charge in [0.1, 0.15) is 0 Å². The first kappa shape index (κ1) is 25.3. The van der Waals surface area contributed by atoms with Crippen LogP contribution in [-0.4, -0.2) is 50.1 Å². The van der Waals surface area contributed by atoms with Crippen molar-refractivity contribution in [1.82, 2.24) is 4.31 Å². The Bertz CT molecular complexity index is 1020. The van der Waals surface area contributed by atoms with E-state index < -0.39 is 38.7 Å². The molecule has 6 nitrogen and oxygen atoms in total. The minimum absolute atomic E-state index is 0.0544. The number of thiophene rings is 1. The molecule has 172 valence electrons. The van der Waals surface area contributed by atoms with E-state index in [1.54, 1.807) is 18.4 Å². The van der Waals surface area contributed by atoms with Gasteiger partial charge in [-0.2, -0.15) is 17.5 Å². The summed E-state index contributed by atoms with van der Waals surface area (Å²) in [6.07, 6.45) is -5.45. The van der Waals surface area contributed by atoms with Crippen LogP contribution < -0.4 is 0 Å². The topological polar surface area (TPSA) is 83.9 Å². The van der Waals surface area contributed by atoms with Crippen molar-refractivity contribution in [2.45, 2.75) is 43.9 Å². The second-order valence-electron chi connectivity index (χ2n) is 6.96. The largest absolute Gasteiger partial charge is 0.466 e. The molecule has 0 aliphatic heterocycles. The maximum absolute atomic E-state index is 13.5. The van der Waals surface area contributed by atoms with Gasteiger partial charge in [0.15, 0.2) is 0 Å². The molecule has 2 rings (SSSR count). The van der Waals surface area contributed by atoms with Gasteiger partial charge in [-0.1, -0.05) is 0 Å². The van der Waals surface area contributed by atoms with Crippen LogP contribution >= 0.6 is 11.3 Å². The van der Waals surface area contributed by atoms with E-state index in [1.807, 2.05) is 0 Å². The van der Waals surface area contributed by atoms with Crippen LogP contribution in [0.15, 0.2) is 34.5 Å². The first-order valence-electron chi connectivity index (χ1n) is 9.45. The molecule has 1 heterocycles. The Morgan fingerprint density at radius 1 is 1.29 bits per heavy atom. The number of nitrogens with zero attached hydrogens (tertiary/aromatic N) is 1. The second kappa shape index (κ2) is 10.1. The van der Waals surface area contributed by atoms with Gasteiger partial charge in [0.2, 0.25) is 10.0 Å². The second-order valence-corrected chi connectivity index (χ2v) is 9.92. The number of carbonyl (C=O) groups excluding carboxylic acids is 1. The van der Waals surface area contributed by atoms with Gasteiger partial charge in [-0.25, -0.2) is 8.42 Å². The highest BCUT2D eigenvalue weighted by Crippen LogP contribution is 2.38. The van der Waals surface area contributed by atoms with Crippen molar-refractivity contribution in [3.8, 4) is 10.4 Å². The maximum Gasteiger partial charge on any atom is 0.416 e. The van der Waals surface area contributed by atoms with Crippen molar-refractivity contribution in [1.29, 1.82) is 0 Å². The lowest BCUT2D eigenvalue weighted by Crippen LogP contribution is -2.33. The Labute approximate surface area is 183 Å². The standard InChI is InChI=1S/C20H24F3NO5S2/c1-4-29-18(26)6-5-14-7-8-30-19(14)15-9-16(20(21,22)23)11-17(10-15)31(27,28)24(3)12-13(2)25/h7-11,13,25H,4-6,12H2,1-3H3/t13-/m0/s1. The Hall–Kier alpha value is -1.95. The van der Waals surface area contributed by atoms with Crippen molar-refractivity contribution < 1.29 is 36.2 Å². The molecule has 1 aromatic heterocycles. The highest BCUT2D eigenvalue weighted by Gasteiger charge is 2.34. The Balaban J connectivity index is 2.52. The molecule has 0 aliphatic rings. The number of rotatable bonds is 9. The van der Waals surface area contributed by atoms with Crippen molar-refractivity contribution in [3.05, 3.63) is 40.8 Å². The number of halogens is 3. The molecule has 0 fully saturated rings. The molecule has 0 saturated carbocycles. The van der Waals surface area contributed by atoms with Crippen LogP contribution in [0.25, 0.3) is 10.4 Å². The summed E-state index contributed by atoms with van der Waals surface area (Å²) in [6, 6.07) is 4.35. The quantitative estimate of drug-likeness (QED) is 0.551. The van der Waals surface area contributed by atoms with Crippen LogP contribution in [0.1, 0.15) is 31.4 Å². The normalized spacial score (nSPS) is 13.4. The fourth-order valence-corrected chi connectivity index (χ4v) is 5.22. The molecule has 31 heavy (non-hydrogen) atoms. The minimum Gasteiger partial charge on any atom is -0.466 e. The summed E-state index contributed by atoms with van der Waals surface area (Å²) in [6.45, 7) is 3.01. The maximum atomic E-state index is 13.5. The third kappa shape index (κ3) is 6.52. The smallest absolute Gasteiger partial charge is 0.416 e. The van der Waals surface area contributed by atoms with Gasteiger partial charge in [-0.3, -0.25) is 4.79 Å². The van der Waals surface area contributed by atoms with Gasteiger partial charge < -0.3 is 9.84 Å².